The highest BCUT2D eigenvalue weighted by Crippen LogP contribution is 2.14. The van der Waals surface area contributed by atoms with Crippen molar-refractivity contribution in [2.75, 3.05) is 5.75 Å². The largest absolute Gasteiger partial charge is 0.414 e. The number of hydrogen-bond acceptors (Lipinski definition) is 2. The van der Waals surface area contributed by atoms with E-state index in [0.717, 1.165) is 18.6 Å². The van der Waals surface area contributed by atoms with Gasteiger partial charge in [-0.05, 0) is 32.4 Å². The number of rotatable bonds is 4. The van der Waals surface area contributed by atoms with Gasteiger partial charge in [0.25, 0.3) is 0 Å². The van der Waals surface area contributed by atoms with E-state index in [-0.39, 0.29) is 5.60 Å². The van der Waals surface area contributed by atoms with Crippen LogP contribution in [0.2, 0.25) is 0 Å². The molecular weight excluding hydrogens is 148 g/mol. The lowest BCUT2D eigenvalue weighted by molar-refractivity contribution is 0.112. The molecule has 0 aliphatic heterocycles. The monoisotopic (exact) mass is 161 g/mol. The van der Waals surface area contributed by atoms with Gasteiger partial charge in [-0.15, -0.1) is 0 Å². The molecule has 1 nitrogen and oxygen atoms in total. The summed E-state index contributed by atoms with van der Waals surface area (Å²) in [7, 11) is 3.02. The first-order chi connectivity index (χ1) is 4.12. The third-order valence-electron chi connectivity index (χ3n) is 1.21. The molecule has 3 heteroatoms. The lowest BCUT2D eigenvalue weighted by Gasteiger charge is -2.22. The summed E-state index contributed by atoms with van der Waals surface area (Å²) in [4.78, 5) is 0. The Bertz CT molecular complexity index is 75.5. The highest BCUT2D eigenvalue weighted by molar-refractivity contribution is 7.80. The molecular formula is C6H13OSSi. The van der Waals surface area contributed by atoms with Gasteiger partial charge in [0.05, 0.1) is 0 Å². The Balaban J connectivity index is 3.33. The number of hydrogen-bond donors (Lipinski definition) is 1. The van der Waals surface area contributed by atoms with Gasteiger partial charge in [-0.25, -0.2) is 0 Å². The average molecular weight is 161 g/mol. The van der Waals surface area contributed by atoms with Crippen molar-refractivity contribution in [1.29, 1.82) is 0 Å². The van der Waals surface area contributed by atoms with Crippen LogP contribution in [0.25, 0.3) is 0 Å². The van der Waals surface area contributed by atoms with Crippen molar-refractivity contribution >= 4 is 23.1 Å². The Hall–Kier alpha value is 0.527. The van der Waals surface area contributed by atoms with E-state index in [0.29, 0.717) is 0 Å². The van der Waals surface area contributed by atoms with Crippen molar-refractivity contribution < 1.29 is 4.43 Å². The Morgan fingerprint density at radius 1 is 1.56 bits per heavy atom. The molecule has 0 N–H and O–H groups in total. The predicted molar refractivity (Wildman–Crippen MR) is 44.0 cm³/mol. The maximum absolute atomic E-state index is 5.01. The van der Waals surface area contributed by atoms with E-state index in [1.807, 2.05) is 13.8 Å². The van der Waals surface area contributed by atoms with Crippen molar-refractivity contribution in [2.24, 2.45) is 0 Å². The summed E-state index contributed by atoms with van der Waals surface area (Å²) in [5.41, 5.74) is -0.0420. The first kappa shape index (κ1) is 9.53. The molecule has 0 fully saturated rings. The SMILES string of the molecule is CC(C)(CCCS)O[Si]. The highest BCUT2D eigenvalue weighted by Gasteiger charge is 2.13. The summed E-state index contributed by atoms with van der Waals surface area (Å²) in [6, 6.07) is 0. The Labute approximate surface area is 66.1 Å². The zero-order valence-electron chi connectivity index (χ0n) is 5.98. The van der Waals surface area contributed by atoms with Crippen LogP contribution >= 0.6 is 12.6 Å². The molecule has 9 heavy (non-hydrogen) atoms. The molecule has 53 valence electrons. The van der Waals surface area contributed by atoms with Crippen molar-refractivity contribution in [1.82, 2.24) is 0 Å². The molecule has 0 atom stereocenters. The smallest absolute Gasteiger partial charge is 0.246 e. The normalized spacial score (nSPS) is 12.0. The summed E-state index contributed by atoms with van der Waals surface area (Å²) in [5, 5.41) is 0. The van der Waals surface area contributed by atoms with Gasteiger partial charge in [-0.2, -0.15) is 12.6 Å². The second-order valence-electron chi connectivity index (χ2n) is 2.69. The molecule has 0 saturated carbocycles. The van der Waals surface area contributed by atoms with E-state index in [1.165, 1.54) is 0 Å². The van der Waals surface area contributed by atoms with Crippen LogP contribution in [-0.2, 0) is 4.43 Å². The third kappa shape index (κ3) is 5.00. The second kappa shape index (κ2) is 4.36. The fraction of sp³-hybridized carbons (Fsp3) is 1.00. The van der Waals surface area contributed by atoms with E-state index in [1.54, 1.807) is 0 Å². The minimum absolute atomic E-state index is 0.0420. The maximum atomic E-state index is 5.01. The second-order valence-corrected chi connectivity index (χ2v) is 3.34. The molecule has 0 bridgehead atoms. The molecule has 0 aromatic heterocycles. The van der Waals surface area contributed by atoms with Gasteiger partial charge in [0.15, 0.2) is 0 Å². The molecule has 0 rings (SSSR count). The zero-order valence-corrected chi connectivity index (χ0v) is 7.87. The van der Waals surface area contributed by atoms with E-state index in [9.17, 15) is 0 Å². The van der Waals surface area contributed by atoms with Crippen molar-refractivity contribution in [3.63, 3.8) is 0 Å². The van der Waals surface area contributed by atoms with Gasteiger partial charge in [0.1, 0.15) is 0 Å². The van der Waals surface area contributed by atoms with Crippen molar-refractivity contribution in [3.8, 4) is 0 Å². The van der Waals surface area contributed by atoms with Crippen LogP contribution in [0, 0.1) is 0 Å². The topological polar surface area (TPSA) is 9.23 Å². The van der Waals surface area contributed by atoms with Gasteiger partial charge in [-0.3, -0.25) is 0 Å². The fourth-order valence-electron chi connectivity index (χ4n) is 0.556. The van der Waals surface area contributed by atoms with Crippen LogP contribution < -0.4 is 0 Å². The van der Waals surface area contributed by atoms with Crippen LogP contribution in [0.3, 0.4) is 0 Å². The molecule has 0 aromatic rings. The fourth-order valence-corrected chi connectivity index (χ4v) is 0.816. The molecule has 0 heterocycles. The predicted octanol–water partition coefficient (Wildman–Crippen LogP) is 1.58. The Morgan fingerprint density at radius 2 is 2.11 bits per heavy atom. The molecule has 0 spiro atoms. The molecule has 0 aliphatic rings. The summed E-state index contributed by atoms with van der Waals surface area (Å²) < 4.78 is 5.01. The quantitative estimate of drug-likeness (QED) is 0.486. The van der Waals surface area contributed by atoms with E-state index in [2.05, 4.69) is 23.1 Å². The molecule has 0 aromatic carbocycles. The molecule has 0 saturated heterocycles. The lowest BCUT2D eigenvalue weighted by Crippen LogP contribution is -2.22. The third-order valence-corrected chi connectivity index (χ3v) is 2.08. The van der Waals surface area contributed by atoms with Crippen LogP contribution in [0.1, 0.15) is 26.7 Å². The summed E-state index contributed by atoms with van der Waals surface area (Å²) >= 11 is 4.10. The maximum Gasteiger partial charge on any atom is 0.246 e. The van der Waals surface area contributed by atoms with Gasteiger partial charge in [0, 0.05) is 5.60 Å². The van der Waals surface area contributed by atoms with Crippen LogP contribution in [0.5, 0.6) is 0 Å². The number of thiol groups is 1. The molecule has 0 amide bonds. The van der Waals surface area contributed by atoms with E-state index >= 15 is 0 Å². The van der Waals surface area contributed by atoms with E-state index < -0.39 is 0 Å². The van der Waals surface area contributed by atoms with Gasteiger partial charge in [0.2, 0.25) is 10.5 Å². The summed E-state index contributed by atoms with van der Waals surface area (Å²) in [5.74, 6) is 0.930. The first-order valence-electron chi connectivity index (χ1n) is 3.08. The average Bonchev–Trinajstić information content (AvgIpc) is 1.84. The van der Waals surface area contributed by atoms with Crippen molar-refractivity contribution in [3.05, 3.63) is 0 Å². The molecule has 3 radical (unpaired) electrons. The first-order valence-corrected chi connectivity index (χ1v) is 4.12. The van der Waals surface area contributed by atoms with Gasteiger partial charge in [-0.1, -0.05) is 0 Å². The minimum Gasteiger partial charge on any atom is -0.414 e. The molecule has 0 aliphatic carbocycles. The van der Waals surface area contributed by atoms with Crippen LogP contribution in [0.4, 0.5) is 0 Å². The van der Waals surface area contributed by atoms with E-state index in [4.69, 9.17) is 4.43 Å². The van der Waals surface area contributed by atoms with Crippen LogP contribution in [0.15, 0.2) is 0 Å². The minimum atomic E-state index is -0.0420. The standard InChI is InChI=1S/C6H13OSSi/c1-6(2,7-9)4-3-5-8/h8H,3-5H2,1-2H3. The summed E-state index contributed by atoms with van der Waals surface area (Å²) in [6.45, 7) is 4.09. The van der Waals surface area contributed by atoms with Gasteiger partial charge >= 0.3 is 0 Å². The Morgan fingerprint density at radius 3 is 2.44 bits per heavy atom. The Kier molecular flexibility index (Phi) is 4.61. The van der Waals surface area contributed by atoms with Crippen LogP contribution in [-0.4, -0.2) is 21.8 Å². The molecule has 0 unspecified atom stereocenters. The van der Waals surface area contributed by atoms with Crippen molar-refractivity contribution in [2.45, 2.75) is 32.3 Å². The highest BCUT2D eigenvalue weighted by atomic mass is 32.1. The van der Waals surface area contributed by atoms with Gasteiger partial charge < -0.3 is 4.43 Å². The lowest BCUT2D eigenvalue weighted by atomic mass is 10.0. The zero-order chi connectivity index (χ0) is 7.33. The summed E-state index contributed by atoms with van der Waals surface area (Å²) in [6.07, 6.45) is 2.14.